The molecule has 0 bridgehead atoms. The van der Waals surface area contributed by atoms with Crippen molar-refractivity contribution >= 4 is 44.2 Å². The van der Waals surface area contributed by atoms with E-state index < -0.39 is 33.9 Å². The second-order valence-corrected chi connectivity index (χ2v) is 11.8. The molecule has 0 N–H and O–H groups in total. The summed E-state index contributed by atoms with van der Waals surface area (Å²) in [7, 11) is -4.07. The maximum atomic E-state index is 13.6. The molecular weight excluding hydrogens is 540 g/mol. The Morgan fingerprint density at radius 1 is 0.949 bits per heavy atom. The van der Waals surface area contributed by atoms with E-state index in [1.807, 2.05) is 12.1 Å². The van der Waals surface area contributed by atoms with E-state index in [1.54, 1.807) is 60.8 Å². The van der Waals surface area contributed by atoms with Gasteiger partial charge in [0.15, 0.2) is 0 Å². The van der Waals surface area contributed by atoms with Crippen molar-refractivity contribution in [3.05, 3.63) is 101 Å². The van der Waals surface area contributed by atoms with E-state index in [2.05, 4.69) is 10.2 Å². The number of rotatable bonds is 5. The van der Waals surface area contributed by atoms with Gasteiger partial charge in [-0.3, -0.25) is 14.6 Å². The Kier molecular flexibility index (Phi) is 7.02. The maximum Gasteiger partial charge on any atom is 0.312 e. The summed E-state index contributed by atoms with van der Waals surface area (Å²) in [6.07, 6.45) is 1.67. The molecular formula is C28H23ClN4O5S. The summed E-state index contributed by atoms with van der Waals surface area (Å²) < 4.78 is 28.3. The minimum absolute atomic E-state index is 0.0241. The second-order valence-electron chi connectivity index (χ2n) is 9.41. The minimum atomic E-state index is -4.07. The molecule has 0 saturated carbocycles. The molecule has 1 unspecified atom stereocenters. The quantitative estimate of drug-likeness (QED) is 0.324. The van der Waals surface area contributed by atoms with Crippen LogP contribution < -0.4 is 0 Å². The SMILES string of the molecule is CC1(C(=O)N=O)CN(S(=O)(=O)c2ccc3cc(Cl)ccc3c2)CCN1C(=O)c1ccc(-c2ccccn2)cc1. The first-order valence-electron chi connectivity index (χ1n) is 12.0. The van der Waals surface area contributed by atoms with Crippen molar-refractivity contribution in [2.45, 2.75) is 17.4 Å². The number of hydrogen-bond acceptors (Lipinski definition) is 6. The van der Waals surface area contributed by atoms with Crippen molar-refractivity contribution in [1.82, 2.24) is 14.2 Å². The number of sulfonamides is 1. The topological polar surface area (TPSA) is 117 Å². The second kappa shape index (κ2) is 10.3. The first kappa shape index (κ1) is 26.6. The van der Waals surface area contributed by atoms with Crippen molar-refractivity contribution in [3.63, 3.8) is 0 Å². The molecule has 0 spiro atoms. The molecule has 2 heterocycles. The van der Waals surface area contributed by atoms with Crippen LogP contribution in [-0.2, 0) is 14.8 Å². The summed E-state index contributed by atoms with van der Waals surface area (Å²) in [6.45, 7) is 0.763. The Bertz CT molecular complexity index is 1700. The third-order valence-corrected chi connectivity index (χ3v) is 9.02. The number of amides is 2. The van der Waals surface area contributed by atoms with Crippen LogP contribution in [-0.4, -0.2) is 59.6 Å². The Hall–Kier alpha value is -3.99. The van der Waals surface area contributed by atoms with Crippen LogP contribution in [0, 0.1) is 4.91 Å². The van der Waals surface area contributed by atoms with Crippen molar-refractivity contribution in [2.24, 2.45) is 5.18 Å². The van der Waals surface area contributed by atoms with Gasteiger partial charge >= 0.3 is 5.91 Å². The van der Waals surface area contributed by atoms with Crippen LogP contribution in [0.5, 0.6) is 0 Å². The Morgan fingerprint density at radius 2 is 1.67 bits per heavy atom. The smallest absolute Gasteiger partial charge is 0.312 e. The summed E-state index contributed by atoms with van der Waals surface area (Å²) in [5, 5.41) is 4.56. The lowest BCUT2D eigenvalue weighted by atomic mass is 9.95. The van der Waals surface area contributed by atoms with Gasteiger partial charge in [0.05, 0.1) is 10.6 Å². The summed E-state index contributed by atoms with van der Waals surface area (Å²) in [6, 6.07) is 21.9. The molecule has 1 atom stereocenters. The van der Waals surface area contributed by atoms with E-state index in [9.17, 15) is 22.9 Å². The molecule has 1 aliphatic rings. The van der Waals surface area contributed by atoms with Gasteiger partial charge in [-0.25, -0.2) is 8.42 Å². The average molecular weight is 563 g/mol. The van der Waals surface area contributed by atoms with Crippen LogP contribution in [0.1, 0.15) is 17.3 Å². The summed E-state index contributed by atoms with van der Waals surface area (Å²) in [5.41, 5.74) is 0.0178. The standard InChI is InChI=1S/C28H23ClN4O5S/c1-28(27(35)31-36)18-32(39(37,38)24-12-10-21-16-23(29)11-9-22(21)17-24)14-15-33(28)26(34)20-7-5-19(6-8-20)25-4-2-3-13-30-25/h2-13,16-17H,14-15,18H2,1H3. The molecule has 5 rings (SSSR count). The van der Waals surface area contributed by atoms with Gasteiger partial charge in [-0.2, -0.15) is 4.31 Å². The monoisotopic (exact) mass is 562 g/mol. The molecule has 1 aliphatic heterocycles. The van der Waals surface area contributed by atoms with Crippen molar-refractivity contribution in [2.75, 3.05) is 19.6 Å². The van der Waals surface area contributed by atoms with E-state index in [-0.39, 0.29) is 23.5 Å². The molecule has 4 aromatic rings. The van der Waals surface area contributed by atoms with Gasteiger partial charge in [-0.1, -0.05) is 41.9 Å². The molecule has 1 saturated heterocycles. The van der Waals surface area contributed by atoms with Gasteiger partial charge in [0.25, 0.3) is 5.91 Å². The highest BCUT2D eigenvalue weighted by Crippen LogP contribution is 2.31. The first-order valence-corrected chi connectivity index (χ1v) is 13.9. The van der Waals surface area contributed by atoms with Crippen LogP contribution in [0.3, 0.4) is 0 Å². The van der Waals surface area contributed by atoms with E-state index in [1.165, 1.54) is 24.0 Å². The van der Waals surface area contributed by atoms with Crippen LogP contribution in [0.25, 0.3) is 22.0 Å². The predicted octanol–water partition coefficient (Wildman–Crippen LogP) is 4.75. The van der Waals surface area contributed by atoms with Gasteiger partial charge in [-0.05, 0) is 66.2 Å². The lowest BCUT2D eigenvalue weighted by Crippen LogP contribution is -2.66. The molecule has 198 valence electrons. The zero-order valence-corrected chi connectivity index (χ0v) is 22.4. The number of nitrogens with zero attached hydrogens (tertiary/aromatic N) is 4. The number of benzene rings is 3. The fourth-order valence-corrected chi connectivity index (χ4v) is 6.49. The fourth-order valence-electron chi connectivity index (χ4n) is 4.76. The molecule has 3 aromatic carbocycles. The molecule has 11 heteroatoms. The molecule has 9 nitrogen and oxygen atoms in total. The third kappa shape index (κ3) is 4.94. The van der Waals surface area contributed by atoms with E-state index in [0.717, 1.165) is 20.9 Å². The molecule has 1 fully saturated rings. The Labute approximate surface area is 230 Å². The predicted molar refractivity (Wildman–Crippen MR) is 148 cm³/mol. The Balaban J connectivity index is 1.43. The van der Waals surface area contributed by atoms with E-state index >= 15 is 0 Å². The van der Waals surface area contributed by atoms with Gasteiger partial charge in [0, 0.05) is 47.2 Å². The van der Waals surface area contributed by atoms with Crippen LogP contribution >= 0.6 is 11.6 Å². The number of aromatic nitrogens is 1. The van der Waals surface area contributed by atoms with Gasteiger partial charge in [0.2, 0.25) is 10.0 Å². The molecule has 39 heavy (non-hydrogen) atoms. The highest BCUT2D eigenvalue weighted by molar-refractivity contribution is 7.89. The highest BCUT2D eigenvalue weighted by atomic mass is 35.5. The molecule has 0 aliphatic carbocycles. The van der Waals surface area contributed by atoms with Crippen LogP contribution in [0.2, 0.25) is 5.02 Å². The van der Waals surface area contributed by atoms with Crippen LogP contribution in [0.4, 0.5) is 0 Å². The third-order valence-electron chi connectivity index (χ3n) is 6.95. The fraction of sp³-hybridized carbons (Fsp3) is 0.179. The molecule has 2 amide bonds. The van der Waals surface area contributed by atoms with Gasteiger partial charge in [-0.15, -0.1) is 4.91 Å². The molecule has 0 radical (unpaired) electrons. The van der Waals surface area contributed by atoms with Crippen LogP contribution in [0.15, 0.2) is 95.1 Å². The zero-order valence-electron chi connectivity index (χ0n) is 20.8. The average Bonchev–Trinajstić information content (AvgIpc) is 2.96. The van der Waals surface area contributed by atoms with Crippen molar-refractivity contribution < 1.29 is 18.0 Å². The number of fused-ring (bicyclic) bond motifs is 1. The molecule has 1 aromatic heterocycles. The number of piperazine rings is 1. The van der Waals surface area contributed by atoms with E-state index in [0.29, 0.717) is 10.4 Å². The zero-order chi connectivity index (χ0) is 27.8. The summed E-state index contributed by atoms with van der Waals surface area (Å²) >= 11 is 6.04. The van der Waals surface area contributed by atoms with Crippen molar-refractivity contribution in [1.29, 1.82) is 0 Å². The lowest BCUT2D eigenvalue weighted by molar-refractivity contribution is -0.129. The normalized spacial score (nSPS) is 18.2. The van der Waals surface area contributed by atoms with Gasteiger partial charge in [0.1, 0.15) is 5.54 Å². The number of hydrogen-bond donors (Lipinski definition) is 0. The first-order chi connectivity index (χ1) is 18.6. The number of nitroso groups, excluding NO2 is 1. The number of pyridine rings is 1. The summed E-state index contributed by atoms with van der Waals surface area (Å²) in [4.78, 5) is 43.2. The maximum absolute atomic E-state index is 13.6. The Morgan fingerprint density at radius 3 is 2.36 bits per heavy atom. The highest BCUT2D eigenvalue weighted by Gasteiger charge is 2.50. The lowest BCUT2D eigenvalue weighted by Gasteiger charge is -2.45. The van der Waals surface area contributed by atoms with Gasteiger partial charge < -0.3 is 4.90 Å². The number of halogens is 1. The van der Waals surface area contributed by atoms with E-state index in [4.69, 9.17) is 11.6 Å². The number of carbonyl (C=O) groups excluding carboxylic acids is 2. The van der Waals surface area contributed by atoms with Crippen molar-refractivity contribution in [3.8, 4) is 11.3 Å². The summed E-state index contributed by atoms with van der Waals surface area (Å²) in [5.74, 6) is -1.64. The minimum Gasteiger partial charge on any atom is -0.321 e. The number of carbonyl (C=O) groups is 2. The largest absolute Gasteiger partial charge is 0.321 e.